The van der Waals surface area contributed by atoms with Crippen molar-refractivity contribution in [1.29, 1.82) is 0 Å². The molecule has 15 heavy (non-hydrogen) atoms. The van der Waals surface area contributed by atoms with E-state index < -0.39 is 0 Å². The van der Waals surface area contributed by atoms with Gasteiger partial charge in [0.05, 0.1) is 18.1 Å². The van der Waals surface area contributed by atoms with Crippen LogP contribution in [0.25, 0.3) is 0 Å². The van der Waals surface area contributed by atoms with Crippen molar-refractivity contribution in [3.8, 4) is 0 Å². The maximum Gasteiger partial charge on any atom is 0.0925 e. The second-order valence-corrected chi connectivity index (χ2v) is 4.76. The molecule has 0 radical (unpaired) electrons. The first-order valence-electron chi connectivity index (χ1n) is 5.78. The number of imidazole rings is 1. The summed E-state index contributed by atoms with van der Waals surface area (Å²) < 4.78 is 0. The molecule has 0 saturated carbocycles. The van der Waals surface area contributed by atoms with Crippen LogP contribution in [0.3, 0.4) is 0 Å². The molecule has 4 nitrogen and oxygen atoms in total. The van der Waals surface area contributed by atoms with Gasteiger partial charge >= 0.3 is 0 Å². The minimum Gasteiger partial charge on any atom is -0.348 e. The number of hydrogen-bond donors (Lipinski definition) is 2. The molecule has 0 bridgehead atoms. The average molecular weight is 206 g/mol. The lowest BCUT2D eigenvalue weighted by molar-refractivity contribution is 0.326. The number of hydrogen-bond acceptors (Lipinski definition) is 3. The molecule has 2 aliphatic rings. The van der Waals surface area contributed by atoms with Gasteiger partial charge in [-0.15, -0.1) is 0 Å². The van der Waals surface area contributed by atoms with Crippen LogP contribution in [0.1, 0.15) is 23.9 Å². The molecular formula is C11H18N4. The minimum absolute atomic E-state index is 0.477. The van der Waals surface area contributed by atoms with Gasteiger partial charge in [-0.2, -0.15) is 0 Å². The van der Waals surface area contributed by atoms with Crippen LogP contribution in [0.4, 0.5) is 0 Å². The van der Waals surface area contributed by atoms with E-state index in [0.717, 1.165) is 18.9 Å². The lowest BCUT2D eigenvalue weighted by atomic mass is 9.92. The fourth-order valence-electron chi connectivity index (χ4n) is 2.88. The van der Waals surface area contributed by atoms with Crippen LogP contribution in [0.2, 0.25) is 0 Å². The van der Waals surface area contributed by atoms with Gasteiger partial charge in [-0.25, -0.2) is 4.98 Å². The summed E-state index contributed by atoms with van der Waals surface area (Å²) in [5.41, 5.74) is 2.61. The lowest BCUT2D eigenvalue weighted by Crippen LogP contribution is -2.35. The van der Waals surface area contributed by atoms with Crippen molar-refractivity contribution >= 4 is 0 Å². The Kier molecular flexibility index (Phi) is 2.25. The molecule has 1 fully saturated rings. The van der Waals surface area contributed by atoms with Gasteiger partial charge in [0.1, 0.15) is 0 Å². The Bertz CT molecular complexity index is 346. The normalized spacial score (nSPS) is 31.8. The maximum atomic E-state index is 4.47. The van der Waals surface area contributed by atoms with Crippen molar-refractivity contribution in [3.63, 3.8) is 0 Å². The van der Waals surface area contributed by atoms with Crippen LogP contribution in [0.15, 0.2) is 6.33 Å². The van der Waals surface area contributed by atoms with Crippen LogP contribution in [0, 0.1) is 5.92 Å². The third-order valence-corrected chi connectivity index (χ3v) is 3.68. The Morgan fingerprint density at radius 3 is 3.27 bits per heavy atom. The van der Waals surface area contributed by atoms with Crippen LogP contribution in [-0.2, 0) is 6.42 Å². The monoisotopic (exact) mass is 206 g/mol. The predicted molar refractivity (Wildman–Crippen MR) is 58.6 cm³/mol. The summed E-state index contributed by atoms with van der Waals surface area (Å²) in [6, 6.07) is 0.477. The summed E-state index contributed by atoms with van der Waals surface area (Å²) in [6.45, 7) is 3.51. The van der Waals surface area contributed by atoms with Crippen LogP contribution in [-0.4, -0.2) is 41.5 Å². The van der Waals surface area contributed by atoms with E-state index in [1.807, 2.05) is 6.33 Å². The second kappa shape index (κ2) is 3.61. The predicted octanol–water partition coefficient (Wildman–Crippen LogP) is 0.548. The van der Waals surface area contributed by atoms with E-state index in [9.17, 15) is 0 Å². The number of nitrogens with one attached hydrogen (secondary N) is 2. The first-order chi connectivity index (χ1) is 7.34. The standard InChI is InChI=1S/C11H18N4/c1-15-5-3-8(6-15)10-11-9(2-4-12-10)13-7-14-11/h7-8,10,12H,2-6H2,1H3,(H,13,14). The zero-order valence-corrected chi connectivity index (χ0v) is 9.16. The van der Waals surface area contributed by atoms with Crippen molar-refractivity contribution in [3.05, 3.63) is 17.7 Å². The van der Waals surface area contributed by atoms with Gasteiger partial charge in [0, 0.05) is 25.2 Å². The second-order valence-electron chi connectivity index (χ2n) is 4.76. The maximum absolute atomic E-state index is 4.47. The van der Waals surface area contributed by atoms with Crippen LogP contribution < -0.4 is 5.32 Å². The Labute approximate surface area is 90.1 Å². The number of H-pyrrole nitrogens is 1. The summed E-state index contributed by atoms with van der Waals surface area (Å²) in [7, 11) is 2.20. The van der Waals surface area contributed by atoms with E-state index in [0.29, 0.717) is 6.04 Å². The largest absolute Gasteiger partial charge is 0.348 e. The van der Waals surface area contributed by atoms with E-state index in [1.165, 1.54) is 30.9 Å². The van der Waals surface area contributed by atoms with Crippen molar-refractivity contribution in [2.45, 2.75) is 18.9 Å². The highest BCUT2D eigenvalue weighted by Gasteiger charge is 2.33. The Morgan fingerprint density at radius 1 is 1.53 bits per heavy atom. The first-order valence-corrected chi connectivity index (χ1v) is 5.78. The van der Waals surface area contributed by atoms with E-state index in [-0.39, 0.29) is 0 Å². The van der Waals surface area contributed by atoms with E-state index in [1.54, 1.807) is 0 Å². The number of aromatic nitrogens is 2. The van der Waals surface area contributed by atoms with Gasteiger partial charge in [-0.3, -0.25) is 0 Å². The number of nitrogens with zero attached hydrogens (tertiary/aromatic N) is 2. The number of aromatic amines is 1. The zero-order chi connectivity index (χ0) is 10.3. The van der Waals surface area contributed by atoms with Crippen molar-refractivity contribution in [2.75, 3.05) is 26.7 Å². The number of rotatable bonds is 1. The first kappa shape index (κ1) is 9.36. The molecule has 4 heteroatoms. The molecule has 0 aliphatic carbocycles. The Hall–Kier alpha value is -0.870. The zero-order valence-electron chi connectivity index (χ0n) is 9.16. The molecule has 2 atom stereocenters. The summed E-state index contributed by atoms with van der Waals surface area (Å²) in [6.07, 6.45) is 4.22. The highest BCUT2D eigenvalue weighted by Crippen LogP contribution is 2.31. The quantitative estimate of drug-likeness (QED) is 0.705. The van der Waals surface area contributed by atoms with Crippen LogP contribution in [0.5, 0.6) is 0 Å². The molecule has 1 saturated heterocycles. The fraction of sp³-hybridized carbons (Fsp3) is 0.727. The molecule has 0 amide bonds. The molecule has 3 heterocycles. The third kappa shape index (κ3) is 1.58. The molecule has 3 rings (SSSR count). The van der Waals surface area contributed by atoms with Gasteiger partial charge in [0.2, 0.25) is 0 Å². The molecule has 82 valence electrons. The topological polar surface area (TPSA) is 44.0 Å². The van der Waals surface area contributed by atoms with Gasteiger partial charge in [-0.05, 0) is 25.9 Å². The van der Waals surface area contributed by atoms with Gasteiger partial charge < -0.3 is 15.2 Å². The molecule has 0 aromatic carbocycles. The number of fused-ring (bicyclic) bond motifs is 1. The summed E-state index contributed by atoms with van der Waals surface area (Å²) in [4.78, 5) is 10.1. The lowest BCUT2D eigenvalue weighted by Gasteiger charge is -2.28. The molecule has 1 aromatic rings. The highest BCUT2D eigenvalue weighted by atomic mass is 15.1. The van der Waals surface area contributed by atoms with Crippen molar-refractivity contribution in [1.82, 2.24) is 20.2 Å². The molecule has 2 aliphatic heterocycles. The van der Waals surface area contributed by atoms with Crippen LogP contribution >= 0.6 is 0 Å². The minimum atomic E-state index is 0.477. The van der Waals surface area contributed by atoms with Crippen molar-refractivity contribution < 1.29 is 0 Å². The Balaban J connectivity index is 1.83. The molecule has 0 spiro atoms. The van der Waals surface area contributed by atoms with E-state index >= 15 is 0 Å². The van der Waals surface area contributed by atoms with Gasteiger partial charge in [0.25, 0.3) is 0 Å². The van der Waals surface area contributed by atoms with E-state index in [4.69, 9.17) is 0 Å². The van der Waals surface area contributed by atoms with E-state index in [2.05, 4.69) is 27.2 Å². The fourth-order valence-corrected chi connectivity index (χ4v) is 2.88. The Morgan fingerprint density at radius 2 is 2.47 bits per heavy atom. The van der Waals surface area contributed by atoms with Gasteiger partial charge in [-0.1, -0.05) is 0 Å². The van der Waals surface area contributed by atoms with Gasteiger partial charge in [0.15, 0.2) is 0 Å². The molecular weight excluding hydrogens is 188 g/mol. The smallest absolute Gasteiger partial charge is 0.0925 e. The highest BCUT2D eigenvalue weighted by molar-refractivity contribution is 5.20. The molecule has 2 N–H and O–H groups in total. The summed E-state index contributed by atoms with van der Waals surface area (Å²) in [5, 5.41) is 3.61. The average Bonchev–Trinajstić information content (AvgIpc) is 2.84. The van der Waals surface area contributed by atoms with Crippen molar-refractivity contribution in [2.24, 2.45) is 5.92 Å². The summed E-state index contributed by atoms with van der Waals surface area (Å²) in [5.74, 6) is 0.734. The third-order valence-electron chi connectivity index (χ3n) is 3.68. The SMILES string of the molecule is CN1CCC(C2NCCc3[nH]cnc32)C1. The summed E-state index contributed by atoms with van der Waals surface area (Å²) >= 11 is 0. The number of likely N-dealkylation sites (tertiary alicyclic amines) is 1. The molecule has 2 unspecified atom stereocenters. The molecule has 1 aromatic heterocycles.